The molecule has 1 rings (SSSR count). The summed E-state index contributed by atoms with van der Waals surface area (Å²) < 4.78 is 0. The fourth-order valence-electron chi connectivity index (χ4n) is 1.50. The van der Waals surface area contributed by atoms with Crippen molar-refractivity contribution in [1.82, 2.24) is 5.32 Å². The summed E-state index contributed by atoms with van der Waals surface area (Å²) in [7, 11) is 0. The van der Waals surface area contributed by atoms with Crippen molar-refractivity contribution in [3.8, 4) is 0 Å². The molecule has 0 aliphatic heterocycles. The maximum absolute atomic E-state index is 12.0. The number of rotatable bonds is 5. The molecule has 4 nitrogen and oxygen atoms in total. The van der Waals surface area contributed by atoms with Gasteiger partial charge in [0.05, 0.1) is 21.2 Å². The highest BCUT2D eigenvalue weighted by molar-refractivity contribution is 7.98. The van der Waals surface area contributed by atoms with Gasteiger partial charge >= 0.3 is 0 Å². The zero-order valence-electron chi connectivity index (χ0n) is 10.7. The highest BCUT2D eigenvalue weighted by Crippen LogP contribution is 2.28. The summed E-state index contributed by atoms with van der Waals surface area (Å²) in [5.74, 6) is 0.0965. The van der Waals surface area contributed by atoms with Gasteiger partial charge < -0.3 is 16.2 Å². The molecule has 106 valence electrons. The second kappa shape index (κ2) is 6.70. The summed E-state index contributed by atoms with van der Waals surface area (Å²) in [6.45, 7) is 1.77. The molecular weight excluding hydrogens is 307 g/mol. The van der Waals surface area contributed by atoms with E-state index < -0.39 is 11.5 Å². The molecule has 1 aromatic rings. The van der Waals surface area contributed by atoms with Crippen LogP contribution in [0.3, 0.4) is 0 Å². The van der Waals surface area contributed by atoms with Crippen molar-refractivity contribution in [2.75, 3.05) is 24.3 Å². The Labute approximate surface area is 126 Å². The molecule has 0 saturated carbocycles. The van der Waals surface area contributed by atoms with Crippen LogP contribution < -0.4 is 11.1 Å². The minimum atomic E-state index is -0.980. The van der Waals surface area contributed by atoms with Gasteiger partial charge in [0.2, 0.25) is 0 Å². The van der Waals surface area contributed by atoms with Gasteiger partial charge in [-0.15, -0.1) is 0 Å². The Hall–Kier alpha value is -0.620. The number of thioether (sulfide) groups is 1. The Balaban J connectivity index is 2.80. The third-order valence-corrected chi connectivity index (χ3v) is 4.09. The number of carbonyl (C=O) groups excluding carboxylic acids is 1. The van der Waals surface area contributed by atoms with Crippen molar-refractivity contribution >= 4 is 46.6 Å². The third-order valence-electron chi connectivity index (χ3n) is 2.38. The lowest BCUT2D eigenvalue weighted by molar-refractivity contribution is 0.0725. The van der Waals surface area contributed by atoms with Crippen LogP contribution in [0.25, 0.3) is 0 Å². The van der Waals surface area contributed by atoms with Crippen LogP contribution >= 0.6 is 35.0 Å². The molecule has 0 radical (unpaired) electrons. The van der Waals surface area contributed by atoms with Crippen LogP contribution in [-0.4, -0.2) is 35.2 Å². The number of anilines is 1. The summed E-state index contributed by atoms with van der Waals surface area (Å²) in [5, 5.41) is 13.0. The Kier molecular flexibility index (Phi) is 5.80. The van der Waals surface area contributed by atoms with E-state index in [-0.39, 0.29) is 22.2 Å². The highest BCUT2D eigenvalue weighted by atomic mass is 35.5. The number of carbonyl (C=O) groups is 1. The average Bonchev–Trinajstić information content (AvgIpc) is 2.31. The molecule has 0 aliphatic carbocycles. The molecule has 1 atom stereocenters. The summed E-state index contributed by atoms with van der Waals surface area (Å²) in [6.07, 6.45) is 1.88. The number of aliphatic hydroxyl groups is 1. The lowest BCUT2D eigenvalue weighted by atomic mass is 10.1. The molecule has 7 heteroatoms. The molecule has 0 spiro atoms. The van der Waals surface area contributed by atoms with Gasteiger partial charge in [-0.1, -0.05) is 23.2 Å². The number of benzene rings is 1. The molecule has 0 saturated heterocycles. The monoisotopic (exact) mass is 322 g/mol. The van der Waals surface area contributed by atoms with Crippen LogP contribution in [0, 0.1) is 0 Å². The van der Waals surface area contributed by atoms with E-state index in [1.165, 1.54) is 23.9 Å². The molecule has 0 fully saturated rings. The molecule has 1 unspecified atom stereocenters. The Bertz CT molecular complexity index is 481. The van der Waals surface area contributed by atoms with Gasteiger partial charge in [-0.25, -0.2) is 0 Å². The number of hydrogen-bond acceptors (Lipinski definition) is 4. The van der Waals surface area contributed by atoms with Crippen LogP contribution in [-0.2, 0) is 0 Å². The quantitative estimate of drug-likeness (QED) is 0.728. The summed E-state index contributed by atoms with van der Waals surface area (Å²) in [6, 6.07) is 2.93. The summed E-state index contributed by atoms with van der Waals surface area (Å²) in [4.78, 5) is 12.0. The minimum absolute atomic E-state index is 0.120. The van der Waals surface area contributed by atoms with Crippen LogP contribution in [0.4, 0.5) is 5.69 Å². The van der Waals surface area contributed by atoms with E-state index in [0.717, 1.165) is 0 Å². The van der Waals surface area contributed by atoms with Crippen molar-refractivity contribution in [3.63, 3.8) is 0 Å². The fraction of sp³-hybridized carbons (Fsp3) is 0.417. The SMILES string of the molecule is CSCC(C)(O)CNC(=O)c1cc(N)cc(Cl)c1Cl. The number of nitrogen functional groups attached to an aromatic ring is 1. The standard InChI is InChI=1S/C12H16Cl2N2O2S/c1-12(18,6-19-2)5-16-11(17)8-3-7(15)4-9(13)10(8)14/h3-4,18H,5-6,15H2,1-2H3,(H,16,17). The molecule has 0 aromatic heterocycles. The molecule has 0 aliphatic rings. The number of nitrogens with one attached hydrogen (secondary N) is 1. The first-order chi connectivity index (χ1) is 8.76. The van der Waals surface area contributed by atoms with E-state index in [2.05, 4.69) is 5.32 Å². The van der Waals surface area contributed by atoms with Gasteiger partial charge in [0.15, 0.2) is 0 Å². The topological polar surface area (TPSA) is 75.3 Å². The summed E-state index contributed by atoms with van der Waals surface area (Å²) in [5.41, 5.74) is 5.20. The Morgan fingerprint density at radius 1 is 1.53 bits per heavy atom. The largest absolute Gasteiger partial charge is 0.399 e. The van der Waals surface area contributed by atoms with Crippen molar-refractivity contribution in [1.29, 1.82) is 0 Å². The molecule has 0 bridgehead atoms. The zero-order valence-corrected chi connectivity index (χ0v) is 13.0. The highest BCUT2D eigenvalue weighted by Gasteiger charge is 2.22. The van der Waals surface area contributed by atoms with Crippen molar-refractivity contribution < 1.29 is 9.90 Å². The van der Waals surface area contributed by atoms with Crippen LogP contribution in [0.2, 0.25) is 10.0 Å². The second-order valence-corrected chi connectivity index (χ2v) is 6.13. The predicted molar refractivity (Wildman–Crippen MR) is 82.2 cm³/mol. The first-order valence-corrected chi connectivity index (χ1v) is 7.66. The molecule has 19 heavy (non-hydrogen) atoms. The lowest BCUT2D eigenvalue weighted by Crippen LogP contribution is -2.42. The number of amides is 1. The lowest BCUT2D eigenvalue weighted by Gasteiger charge is -2.22. The fourth-order valence-corrected chi connectivity index (χ4v) is 2.65. The normalized spacial score (nSPS) is 13.9. The van der Waals surface area contributed by atoms with Gasteiger partial charge in [-0.05, 0) is 25.3 Å². The van der Waals surface area contributed by atoms with Crippen LogP contribution in [0.1, 0.15) is 17.3 Å². The Morgan fingerprint density at radius 3 is 2.74 bits per heavy atom. The van der Waals surface area contributed by atoms with E-state index in [1.807, 2.05) is 6.26 Å². The van der Waals surface area contributed by atoms with Gasteiger partial charge in [0, 0.05) is 18.0 Å². The molecular formula is C12H16Cl2N2O2S. The number of hydrogen-bond donors (Lipinski definition) is 3. The molecule has 1 amide bonds. The third kappa shape index (κ3) is 4.76. The van der Waals surface area contributed by atoms with E-state index in [0.29, 0.717) is 11.4 Å². The zero-order chi connectivity index (χ0) is 14.6. The van der Waals surface area contributed by atoms with Crippen molar-refractivity contribution in [3.05, 3.63) is 27.7 Å². The minimum Gasteiger partial charge on any atom is -0.399 e. The van der Waals surface area contributed by atoms with Gasteiger partial charge in [-0.3, -0.25) is 4.79 Å². The van der Waals surface area contributed by atoms with Crippen LogP contribution in [0.5, 0.6) is 0 Å². The maximum atomic E-state index is 12.0. The van der Waals surface area contributed by atoms with E-state index in [4.69, 9.17) is 28.9 Å². The number of nitrogens with two attached hydrogens (primary N) is 1. The van der Waals surface area contributed by atoms with E-state index in [9.17, 15) is 9.90 Å². The van der Waals surface area contributed by atoms with Crippen LogP contribution in [0.15, 0.2) is 12.1 Å². The Morgan fingerprint density at radius 2 is 2.16 bits per heavy atom. The first kappa shape index (κ1) is 16.4. The predicted octanol–water partition coefficient (Wildman–Crippen LogP) is 2.42. The van der Waals surface area contributed by atoms with Gasteiger partial charge in [0.25, 0.3) is 5.91 Å². The maximum Gasteiger partial charge on any atom is 0.253 e. The van der Waals surface area contributed by atoms with Gasteiger partial charge in [0.1, 0.15) is 0 Å². The van der Waals surface area contributed by atoms with E-state index >= 15 is 0 Å². The first-order valence-electron chi connectivity index (χ1n) is 5.51. The number of halogens is 2. The smallest absolute Gasteiger partial charge is 0.253 e. The molecule has 4 N–H and O–H groups in total. The molecule has 0 heterocycles. The van der Waals surface area contributed by atoms with Crippen molar-refractivity contribution in [2.24, 2.45) is 0 Å². The molecule has 1 aromatic carbocycles. The van der Waals surface area contributed by atoms with E-state index in [1.54, 1.807) is 6.92 Å². The second-order valence-electron chi connectivity index (χ2n) is 4.48. The summed E-state index contributed by atoms with van der Waals surface area (Å²) >= 11 is 13.3. The average molecular weight is 323 g/mol. The van der Waals surface area contributed by atoms with Gasteiger partial charge in [-0.2, -0.15) is 11.8 Å². The van der Waals surface area contributed by atoms with Crippen molar-refractivity contribution in [2.45, 2.75) is 12.5 Å².